The number of carbonyl (C=O) groups is 1. The fourth-order valence-electron chi connectivity index (χ4n) is 4.59. The first-order valence-corrected chi connectivity index (χ1v) is 13.4. The zero-order chi connectivity index (χ0) is 26.0. The number of carbonyl (C=O) groups excluding carboxylic acids is 1. The molecule has 9 nitrogen and oxygen atoms in total. The van der Waals surface area contributed by atoms with Crippen molar-refractivity contribution < 1.29 is 17.7 Å². The van der Waals surface area contributed by atoms with Gasteiger partial charge in [0.25, 0.3) is 10.0 Å². The lowest BCUT2D eigenvalue weighted by molar-refractivity contribution is -0.114. The summed E-state index contributed by atoms with van der Waals surface area (Å²) in [4.78, 5) is 17.8. The Morgan fingerprint density at radius 2 is 1.67 bits per heavy atom. The van der Waals surface area contributed by atoms with E-state index in [1.807, 2.05) is 44.2 Å². The number of para-hydroxylation sites is 2. The van der Waals surface area contributed by atoms with Crippen molar-refractivity contribution in [3.05, 3.63) is 65.0 Å². The number of aryl methyl sites for hydroxylation is 4. The molecule has 0 bridgehead atoms. The van der Waals surface area contributed by atoms with Crippen LogP contribution >= 0.6 is 0 Å². The van der Waals surface area contributed by atoms with Gasteiger partial charge in [-0.1, -0.05) is 23.4 Å². The molecule has 2 aromatic carbocycles. The number of nitrogens with zero attached hydrogens (tertiary/aromatic N) is 4. The van der Waals surface area contributed by atoms with Crippen molar-refractivity contribution in [3.63, 3.8) is 0 Å². The second-order valence-electron chi connectivity index (χ2n) is 9.37. The van der Waals surface area contributed by atoms with E-state index < -0.39 is 22.5 Å². The van der Waals surface area contributed by atoms with Crippen LogP contribution in [0.1, 0.15) is 22.6 Å². The highest BCUT2D eigenvalue weighted by Crippen LogP contribution is 2.30. The number of amides is 1. The third kappa shape index (κ3) is 5.39. The fraction of sp³-hybridized carbons (Fsp3) is 0.385. The molecule has 0 atom stereocenters. The molecule has 2 heterocycles. The monoisotopic (exact) mass is 511 g/mol. The molecule has 36 heavy (non-hydrogen) atoms. The maximum atomic E-state index is 13.8. The normalized spacial score (nSPS) is 14.6. The molecule has 1 aliphatic rings. The molecule has 1 aromatic heterocycles. The SMILES string of the molecule is Cc1cc(C)cc(N(CC(=O)Nc2ccccc2N2CCN(C)CC2)S(=O)(=O)c2c(C)noc2C)c1. The number of sulfonamides is 1. The van der Waals surface area contributed by atoms with E-state index in [-0.39, 0.29) is 16.3 Å². The van der Waals surface area contributed by atoms with Gasteiger partial charge in [0.15, 0.2) is 10.7 Å². The summed E-state index contributed by atoms with van der Waals surface area (Å²) >= 11 is 0. The number of likely N-dealkylation sites (N-methyl/N-ethyl adjacent to an activating group) is 1. The summed E-state index contributed by atoms with van der Waals surface area (Å²) in [6, 6.07) is 13.1. The van der Waals surface area contributed by atoms with Crippen LogP contribution in [0, 0.1) is 27.7 Å². The molecule has 0 spiro atoms. The Labute approximate surface area is 212 Å². The van der Waals surface area contributed by atoms with Gasteiger partial charge >= 0.3 is 0 Å². The molecule has 1 N–H and O–H groups in total. The Kier molecular flexibility index (Phi) is 7.37. The number of piperazine rings is 1. The summed E-state index contributed by atoms with van der Waals surface area (Å²) in [5.74, 6) is -0.256. The van der Waals surface area contributed by atoms with Crippen LogP contribution in [-0.4, -0.2) is 64.2 Å². The standard InChI is InChI=1S/C26H33N5O4S/c1-18-14-19(2)16-22(15-18)31(36(33,34)26-20(3)28-35-21(26)4)17-25(32)27-23-8-6-7-9-24(23)30-12-10-29(5)11-13-30/h6-9,14-16H,10-13,17H2,1-5H3,(H,27,32). The highest BCUT2D eigenvalue weighted by atomic mass is 32.2. The van der Waals surface area contributed by atoms with Gasteiger partial charge in [0.1, 0.15) is 12.2 Å². The van der Waals surface area contributed by atoms with Crippen molar-refractivity contribution in [2.24, 2.45) is 0 Å². The van der Waals surface area contributed by atoms with Gasteiger partial charge in [-0.2, -0.15) is 0 Å². The molecule has 0 aliphatic carbocycles. The van der Waals surface area contributed by atoms with Gasteiger partial charge in [0.05, 0.1) is 17.1 Å². The summed E-state index contributed by atoms with van der Waals surface area (Å²) < 4.78 is 33.9. The first kappa shape index (κ1) is 25.7. The van der Waals surface area contributed by atoms with Gasteiger partial charge in [-0.05, 0) is 70.1 Å². The van der Waals surface area contributed by atoms with Crippen LogP contribution in [-0.2, 0) is 14.8 Å². The van der Waals surface area contributed by atoms with Crippen LogP contribution in [0.2, 0.25) is 0 Å². The number of aromatic nitrogens is 1. The second-order valence-corrected chi connectivity index (χ2v) is 11.2. The van der Waals surface area contributed by atoms with Crippen molar-refractivity contribution in [2.75, 3.05) is 54.3 Å². The number of nitrogens with one attached hydrogen (secondary N) is 1. The molecule has 0 radical (unpaired) electrons. The molecule has 1 saturated heterocycles. The summed E-state index contributed by atoms with van der Waals surface area (Å²) in [5, 5.41) is 6.77. The molecule has 4 rings (SSSR count). The van der Waals surface area contributed by atoms with Crippen LogP contribution in [0.15, 0.2) is 51.9 Å². The largest absolute Gasteiger partial charge is 0.367 e. The minimum absolute atomic E-state index is 0.0210. The van der Waals surface area contributed by atoms with Crippen LogP contribution in [0.3, 0.4) is 0 Å². The molecule has 0 unspecified atom stereocenters. The summed E-state index contributed by atoms with van der Waals surface area (Å²) in [6.07, 6.45) is 0. The van der Waals surface area contributed by atoms with Crippen molar-refractivity contribution >= 4 is 33.0 Å². The van der Waals surface area contributed by atoms with Crippen molar-refractivity contribution in [1.82, 2.24) is 10.1 Å². The first-order chi connectivity index (χ1) is 17.1. The van der Waals surface area contributed by atoms with Crippen LogP contribution in [0.25, 0.3) is 0 Å². The molecular weight excluding hydrogens is 478 g/mol. The highest BCUT2D eigenvalue weighted by molar-refractivity contribution is 7.93. The zero-order valence-electron chi connectivity index (χ0n) is 21.4. The third-order valence-electron chi connectivity index (χ3n) is 6.32. The van der Waals surface area contributed by atoms with Gasteiger partial charge in [0.2, 0.25) is 5.91 Å². The highest BCUT2D eigenvalue weighted by Gasteiger charge is 2.33. The number of hydrogen-bond acceptors (Lipinski definition) is 7. The molecule has 1 fully saturated rings. The van der Waals surface area contributed by atoms with E-state index in [4.69, 9.17) is 4.52 Å². The van der Waals surface area contributed by atoms with Crippen LogP contribution in [0.5, 0.6) is 0 Å². The predicted octanol–water partition coefficient (Wildman–Crippen LogP) is 3.49. The van der Waals surface area contributed by atoms with E-state index in [1.54, 1.807) is 26.0 Å². The fourth-order valence-corrected chi connectivity index (χ4v) is 6.29. The lowest BCUT2D eigenvalue weighted by atomic mass is 10.1. The average Bonchev–Trinajstić information content (AvgIpc) is 3.16. The Morgan fingerprint density at radius 1 is 1.03 bits per heavy atom. The summed E-state index contributed by atoms with van der Waals surface area (Å²) in [7, 11) is -2.04. The molecule has 1 amide bonds. The van der Waals surface area contributed by atoms with Gasteiger partial charge in [-0.3, -0.25) is 9.10 Å². The van der Waals surface area contributed by atoms with E-state index in [0.29, 0.717) is 11.4 Å². The van der Waals surface area contributed by atoms with Gasteiger partial charge in [-0.25, -0.2) is 8.42 Å². The summed E-state index contributed by atoms with van der Waals surface area (Å²) in [6.45, 7) is 10.1. The average molecular weight is 512 g/mol. The Morgan fingerprint density at radius 3 is 2.28 bits per heavy atom. The second kappa shape index (κ2) is 10.3. The minimum atomic E-state index is -4.13. The number of hydrogen-bond donors (Lipinski definition) is 1. The van der Waals surface area contributed by atoms with E-state index in [1.165, 1.54) is 0 Å². The maximum absolute atomic E-state index is 13.8. The van der Waals surface area contributed by atoms with Gasteiger partial charge in [0, 0.05) is 26.2 Å². The zero-order valence-corrected chi connectivity index (χ0v) is 22.2. The Hall–Kier alpha value is -3.37. The molecular formula is C26H33N5O4S. The Bertz CT molecular complexity index is 1320. The topological polar surface area (TPSA) is 99.0 Å². The van der Waals surface area contributed by atoms with E-state index in [2.05, 4.69) is 27.3 Å². The third-order valence-corrected chi connectivity index (χ3v) is 8.34. The number of anilines is 3. The quantitative estimate of drug-likeness (QED) is 0.518. The lowest BCUT2D eigenvalue weighted by Crippen LogP contribution is -2.45. The predicted molar refractivity (Wildman–Crippen MR) is 141 cm³/mol. The van der Waals surface area contributed by atoms with Gasteiger partial charge in [-0.15, -0.1) is 0 Å². The van der Waals surface area contributed by atoms with E-state index >= 15 is 0 Å². The molecule has 0 saturated carbocycles. The summed E-state index contributed by atoms with van der Waals surface area (Å²) in [5.41, 5.74) is 4.03. The molecule has 192 valence electrons. The van der Waals surface area contributed by atoms with Crippen molar-refractivity contribution in [3.8, 4) is 0 Å². The van der Waals surface area contributed by atoms with E-state index in [9.17, 15) is 13.2 Å². The van der Waals surface area contributed by atoms with Crippen LogP contribution < -0.4 is 14.5 Å². The molecule has 3 aromatic rings. The lowest BCUT2D eigenvalue weighted by Gasteiger charge is -2.35. The molecule has 1 aliphatic heterocycles. The maximum Gasteiger partial charge on any atom is 0.270 e. The molecule has 10 heteroatoms. The number of benzene rings is 2. The van der Waals surface area contributed by atoms with Crippen molar-refractivity contribution in [1.29, 1.82) is 0 Å². The number of rotatable bonds is 7. The van der Waals surface area contributed by atoms with Crippen LogP contribution in [0.4, 0.5) is 17.1 Å². The van der Waals surface area contributed by atoms with Crippen molar-refractivity contribution in [2.45, 2.75) is 32.6 Å². The minimum Gasteiger partial charge on any atom is -0.367 e. The van der Waals surface area contributed by atoms with E-state index in [0.717, 1.165) is 47.3 Å². The van der Waals surface area contributed by atoms with Gasteiger partial charge < -0.3 is 19.6 Å². The smallest absolute Gasteiger partial charge is 0.270 e. The first-order valence-electron chi connectivity index (χ1n) is 11.9. The Balaban J connectivity index is 1.66.